The minimum absolute atomic E-state index is 0.0589. The second-order valence-corrected chi connectivity index (χ2v) is 7.23. The molecule has 0 aliphatic heterocycles. The van der Waals surface area contributed by atoms with Crippen molar-refractivity contribution in [2.24, 2.45) is 0 Å². The summed E-state index contributed by atoms with van der Waals surface area (Å²) in [7, 11) is 1.40. The molecule has 3 rings (SSSR count). The van der Waals surface area contributed by atoms with E-state index in [9.17, 15) is 23.2 Å². The second kappa shape index (κ2) is 10.7. The van der Waals surface area contributed by atoms with Gasteiger partial charge in [-0.25, -0.2) is 0 Å². The number of allylic oxidation sites excluding steroid dienone is 1. The van der Waals surface area contributed by atoms with Gasteiger partial charge in [0, 0.05) is 6.20 Å². The number of rotatable bonds is 7. The number of anilines is 1. The Balaban J connectivity index is 1.73. The molecule has 0 radical (unpaired) electrons. The molecule has 1 heterocycles. The predicted molar refractivity (Wildman–Crippen MR) is 121 cm³/mol. The number of hydrogen-bond acceptors (Lipinski definition) is 5. The first-order valence-electron chi connectivity index (χ1n) is 9.72. The Labute approximate surface area is 198 Å². The Morgan fingerprint density at radius 3 is 2.56 bits per heavy atom. The maximum absolute atomic E-state index is 12.7. The molecular weight excluding hydrogens is 471 g/mol. The van der Waals surface area contributed by atoms with E-state index in [0.717, 1.165) is 12.1 Å². The molecule has 0 saturated heterocycles. The third kappa shape index (κ3) is 6.27. The Bertz CT molecular complexity index is 1250. The van der Waals surface area contributed by atoms with Gasteiger partial charge in [-0.2, -0.15) is 18.4 Å². The zero-order chi connectivity index (χ0) is 24.7. The van der Waals surface area contributed by atoms with Gasteiger partial charge in [-0.15, -0.1) is 0 Å². The molecule has 1 amide bonds. The summed E-state index contributed by atoms with van der Waals surface area (Å²) in [6, 6.07) is 15.4. The van der Waals surface area contributed by atoms with E-state index in [4.69, 9.17) is 21.1 Å². The van der Waals surface area contributed by atoms with Gasteiger partial charge in [-0.05, 0) is 48.0 Å². The Kier molecular flexibility index (Phi) is 7.76. The van der Waals surface area contributed by atoms with E-state index in [2.05, 4.69) is 10.3 Å². The molecule has 3 aromatic rings. The van der Waals surface area contributed by atoms with Gasteiger partial charge in [0.05, 0.1) is 34.7 Å². The summed E-state index contributed by atoms with van der Waals surface area (Å²) in [6.07, 6.45) is -2.40. The number of nitrogens with one attached hydrogen (secondary N) is 1. The molecule has 0 spiro atoms. The molecule has 0 aliphatic carbocycles. The molecule has 2 aromatic carbocycles. The monoisotopic (exact) mass is 487 g/mol. The summed E-state index contributed by atoms with van der Waals surface area (Å²) < 4.78 is 49.0. The fraction of sp³-hybridized carbons (Fsp3) is 0.125. The molecular formula is C24H17ClF3N3O3. The van der Waals surface area contributed by atoms with Crippen molar-refractivity contribution < 1.29 is 27.4 Å². The average Bonchev–Trinajstić information content (AvgIpc) is 2.82. The van der Waals surface area contributed by atoms with E-state index in [1.165, 1.54) is 13.2 Å². The summed E-state index contributed by atoms with van der Waals surface area (Å²) in [6.45, 7) is -0.310. The van der Waals surface area contributed by atoms with Gasteiger partial charge in [0.1, 0.15) is 6.07 Å². The van der Waals surface area contributed by atoms with Crippen LogP contribution in [0.15, 0.2) is 60.8 Å². The lowest BCUT2D eigenvalue weighted by atomic mass is 10.1. The topological polar surface area (TPSA) is 84.2 Å². The molecule has 1 aromatic heterocycles. The van der Waals surface area contributed by atoms with Crippen LogP contribution in [0.2, 0.25) is 5.02 Å². The zero-order valence-electron chi connectivity index (χ0n) is 17.7. The standard InChI is InChI=1S/C24H17ClF3N3O3/c1-33-22-11-15(10-16(12-29)19-8-7-17(13-30-19)24(26,27)28)6-9-21(22)34-14-23(32)31-20-5-3-2-4-18(20)25/h2-11,13H,14H2,1H3,(H,31,32)/b16-10+. The van der Waals surface area contributed by atoms with Crippen LogP contribution in [0.3, 0.4) is 0 Å². The molecule has 10 heteroatoms. The minimum atomic E-state index is -4.52. The molecule has 0 atom stereocenters. The van der Waals surface area contributed by atoms with Gasteiger partial charge >= 0.3 is 6.18 Å². The first-order chi connectivity index (χ1) is 16.2. The number of benzene rings is 2. The molecule has 0 fully saturated rings. The van der Waals surface area contributed by atoms with Crippen molar-refractivity contribution in [3.8, 4) is 17.6 Å². The van der Waals surface area contributed by atoms with E-state index in [-0.39, 0.29) is 29.4 Å². The molecule has 0 aliphatic rings. The first kappa shape index (κ1) is 24.6. The predicted octanol–water partition coefficient (Wildman–Crippen LogP) is 5.84. The summed E-state index contributed by atoms with van der Waals surface area (Å²) in [5, 5.41) is 12.5. The molecule has 174 valence electrons. The number of nitriles is 1. The summed E-state index contributed by atoms with van der Waals surface area (Å²) in [4.78, 5) is 15.9. The SMILES string of the molecule is COc1cc(/C=C(\C#N)c2ccc(C(F)(F)F)cn2)ccc1OCC(=O)Nc1ccccc1Cl. The molecule has 0 bridgehead atoms. The largest absolute Gasteiger partial charge is 0.493 e. The van der Waals surface area contributed by atoms with E-state index < -0.39 is 17.6 Å². The number of alkyl halides is 3. The van der Waals surface area contributed by atoms with E-state index in [1.807, 2.05) is 6.07 Å². The molecule has 1 N–H and O–H groups in total. The van der Waals surface area contributed by atoms with E-state index >= 15 is 0 Å². The van der Waals surface area contributed by atoms with Crippen molar-refractivity contribution in [2.75, 3.05) is 19.0 Å². The van der Waals surface area contributed by atoms with Crippen LogP contribution in [0, 0.1) is 11.3 Å². The van der Waals surface area contributed by atoms with Crippen LogP contribution in [0.4, 0.5) is 18.9 Å². The number of carbonyl (C=O) groups is 1. The van der Waals surface area contributed by atoms with Gasteiger partial charge in [0.15, 0.2) is 18.1 Å². The number of aromatic nitrogens is 1. The molecule has 0 unspecified atom stereocenters. The number of nitrogens with zero attached hydrogens (tertiary/aromatic N) is 2. The minimum Gasteiger partial charge on any atom is -0.493 e. The van der Waals surface area contributed by atoms with Gasteiger partial charge in [-0.1, -0.05) is 29.8 Å². The van der Waals surface area contributed by atoms with Crippen molar-refractivity contribution >= 4 is 34.8 Å². The van der Waals surface area contributed by atoms with Crippen LogP contribution in [0.25, 0.3) is 11.6 Å². The third-order valence-corrected chi connectivity index (χ3v) is 4.82. The van der Waals surface area contributed by atoms with Crippen LogP contribution < -0.4 is 14.8 Å². The Morgan fingerprint density at radius 1 is 1.18 bits per heavy atom. The highest BCUT2D eigenvalue weighted by molar-refractivity contribution is 6.33. The van der Waals surface area contributed by atoms with Crippen LogP contribution in [-0.4, -0.2) is 24.6 Å². The molecule has 34 heavy (non-hydrogen) atoms. The zero-order valence-corrected chi connectivity index (χ0v) is 18.4. The van der Waals surface area contributed by atoms with E-state index in [1.54, 1.807) is 42.5 Å². The number of para-hydroxylation sites is 1. The highest BCUT2D eigenvalue weighted by Crippen LogP contribution is 2.31. The van der Waals surface area contributed by atoms with Crippen molar-refractivity contribution in [3.05, 3.63) is 82.6 Å². The maximum Gasteiger partial charge on any atom is 0.417 e. The van der Waals surface area contributed by atoms with Gasteiger partial charge in [-0.3, -0.25) is 9.78 Å². The third-order valence-electron chi connectivity index (χ3n) is 4.49. The lowest BCUT2D eigenvalue weighted by Gasteiger charge is -2.12. The summed E-state index contributed by atoms with van der Waals surface area (Å²) in [5.41, 5.74) is 0.207. The van der Waals surface area contributed by atoms with Gasteiger partial charge < -0.3 is 14.8 Å². The first-order valence-corrected chi connectivity index (χ1v) is 10.1. The van der Waals surface area contributed by atoms with Crippen molar-refractivity contribution in [3.63, 3.8) is 0 Å². The Morgan fingerprint density at radius 2 is 1.94 bits per heavy atom. The van der Waals surface area contributed by atoms with Crippen molar-refractivity contribution in [2.45, 2.75) is 6.18 Å². The fourth-order valence-corrected chi connectivity index (χ4v) is 3.02. The molecule has 6 nitrogen and oxygen atoms in total. The second-order valence-electron chi connectivity index (χ2n) is 6.83. The number of halogens is 4. The highest BCUT2D eigenvalue weighted by Gasteiger charge is 2.30. The van der Waals surface area contributed by atoms with Crippen molar-refractivity contribution in [1.82, 2.24) is 4.98 Å². The number of methoxy groups -OCH3 is 1. The lowest BCUT2D eigenvalue weighted by Crippen LogP contribution is -2.20. The number of hydrogen-bond donors (Lipinski definition) is 1. The fourth-order valence-electron chi connectivity index (χ4n) is 2.84. The van der Waals surface area contributed by atoms with Crippen LogP contribution in [0.5, 0.6) is 11.5 Å². The average molecular weight is 488 g/mol. The van der Waals surface area contributed by atoms with Crippen molar-refractivity contribution in [1.29, 1.82) is 5.26 Å². The van der Waals surface area contributed by atoms with Crippen LogP contribution >= 0.6 is 11.6 Å². The van der Waals surface area contributed by atoms with Crippen LogP contribution in [-0.2, 0) is 11.0 Å². The van der Waals surface area contributed by atoms with Crippen LogP contribution in [0.1, 0.15) is 16.8 Å². The summed E-state index contributed by atoms with van der Waals surface area (Å²) in [5.74, 6) is 0.136. The smallest absolute Gasteiger partial charge is 0.417 e. The number of carbonyl (C=O) groups excluding carboxylic acids is 1. The summed E-state index contributed by atoms with van der Waals surface area (Å²) >= 11 is 6.02. The quantitative estimate of drug-likeness (QED) is 0.423. The number of amides is 1. The van der Waals surface area contributed by atoms with Gasteiger partial charge in [0.25, 0.3) is 5.91 Å². The molecule has 0 saturated carbocycles. The van der Waals surface area contributed by atoms with E-state index in [0.29, 0.717) is 22.5 Å². The maximum atomic E-state index is 12.7. The lowest BCUT2D eigenvalue weighted by molar-refractivity contribution is -0.137. The highest BCUT2D eigenvalue weighted by atomic mass is 35.5. The number of ether oxygens (including phenoxy) is 2. The Hall–Kier alpha value is -4.03. The number of pyridine rings is 1. The normalized spacial score (nSPS) is 11.5. The van der Waals surface area contributed by atoms with Gasteiger partial charge in [0.2, 0.25) is 0 Å².